The van der Waals surface area contributed by atoms with Gasteiger partial charge in [0.1, 0.15) is 11.0 Å². The predicted molar refractivity (Wildman–Crippen MR) is 76.6 cm³/mol. The Morgan fingerprint density at radius 3 is 2.56 bits per heavy atom. The zero-order valence-electron chi connectivity index (χ0n) is 9.74. The van der Waals surface area contributed by atoms with E-state index in [-0.39, 0.29) is 0 Å². The predicted octanol–water partition coefficient (Wildman–Crippen LogP) is 4.51. The van der Waals surface area contributed by atoms with Crippen LogP contribution < -0.4 is 0 Å². The molecule has 4 heteroatoms. The quantitative estimate of drug-likeness (QED) is 0.777. The number of rotatable bonds is 3. The normalized spacial score (nSPS) is 14.8. The first-order valence-electron chi connectivity index (χ1n) is 6.01. The molecule has 1 aromatic carbocycles. The third-order valence-corrected chi connectivity index (χ3v) is 4.33. The Morgan fingerprint density at radius 2 is 1.89 bits per heavy atom. The molecule has 18 heavy (non-hydrogen) atoms. The minimum atomic E-state index is 0.500. The minimum Gasteiger partial charge on any atom is -0.232 e. The molecule has 2 aromatic rings. The summed E-state index contributed by atoms with van der Waals surface area (Å²) < 4.78 is 0.773. The van der Waals surface area contributed by atoms with Crippen LogP contribution in [0.3, 0.4) is 0 Å². The molecule has 1 fully saturated rings. The first-order valence-corrected chi connectivity index (χ1v) is 7.18. The Bertz CT molecular complexity index is 568. The second-order valence-electron chi connectivity index (χ2n) is 4.61. The van der Waals surface area contributed by atoms with Crippen LogP contribution in [0, 0.1) is 5.92 Å². The van der Waals surface area contributed by atoms with Gasteiger partial charge in [-0.05, 0) is 34.7 Å². The molecule has 1 aliphatic rings. The summed E-state index contributed by atoms with van der Waals surface area (Å²) in [6, 6.07) is 10.1. The van der Waals surface area contributed by atoms with E-state index in [1.165, 1.54) is 12.8 Å². The van der Waals surface area contributed by atoms with Crippen LogP contribution in [-0.4, -0.2) is 9.97 Å². The van der Waals surface area contributed by atoms with Crippen molar-refractivity contribution in [3.05, 3.63) is 45.8 Å². The molecule has 0 aliphatic heterocycles. The van der Waals surface area contributed by atoms with Gasteiger partial charge in [0.05, 0.1) is 10.2 Å². The van der Waals surface area contributed by atoms with Gasteiger partial charge < -0.3 is 0 Å². The molecule has 1 heterocycles. The first kappa shape index (κ1) is 12.1. The van der Waals surface area contributed by atoms with Crippen molar-refractivity contribution in [2.75, 3.05) is 0 Å². The van der Waals surface area contributed by atoms with Crippen molar-refractivity contribution in [3.8, 4) is 11.3 Å². The average molecular weight is 324 g/mol. The van der Waals surface area contributed by atoms with Crippen molar-refractivity contribution in [1.82, 2.24) is 9.97 Å². The van der Waals surface area contributed by atoms with Crippen LogP contribution in [0.1, 0.15) is 18.7 Å². The maximum absolute atomic E-state index is 6.17. The zero-order valence-corrected chi connectivity index (χ0v) is 12.1. The maximum atomic E-state index is 6.17. The SMILES string of the molecule is Clc1nc(CC2CC2)nc(-c2ccccc2)c1Br. The van der Waals surface area contributed by atoms with Gasteiger partial charge in [-0.25, -0.2) is 9.97 Å². The lowest BCUT2D eigenvalue weighted by Gasteiger charge is -2.08. The maximum Gasteiger partial charge on any atom is 0.147 e. The largest absolute Gasteiger partial charge is 0.232 e. The number of nitrogens with zero attached hydrogens (tertiary/aromatic N) is 2. The van der Waals surface area contributed by atoms with Crippen LogP contribution in [0.5, 0.6) is 0 Å². The van der Waals surface area contributed by atoms with E-state index in [0.29, 0.717) is 5.15 Å². The van der Waals surface area contributed by atoms with Gasteiger partial charge in [-0.2, -0.15) is 0 Å². The number of aromatic nitrogens is 2. The Kier molecular flexibility index (Phi) is 3.35. The summed E-state index contributed by atoms with van der Waals surface area (Å²) in [5.41, 5.74) is 1.94. The van der Waals surface area contributed by atoms with Crippen molar-refractivity contribution in [1.29, 1.82) is 0 Å². The van der Waals surface area contributed by atoms with Crippen LogP contribution in [-0.2, 0) is 6.42 Å². The standard InChI is InChI=1S/C14H12BrClN2/c15-12-13(10-4-2-1-3-5-10)17-11(18-14(12)16)8-9-6-7-9/h1-5,9H,6-8H2. The zero-order chi connectivity index (χ0) is 12.5. The van der Waals surface area contributed by atoms with Crippen LogP contribution in [0.4, 0.5) is 0 Å². The highest BCUT2D eigenvalue weighted by atomic mass is 79.9. The lowest BCUT2D eigenvalue weighted by atomic mass is 10.1. The Labute approximate surface area is 120 Å². The molecule has 1 aromatic heterocycles. The molecule has 0 radical (unpaired) electrons. The van der Waals surface area contributed by atoms with Crippen molar-refractivity contribution >= 4 is 27.5 Å². The Morgan fingerprint density at radius 1 is 1.17 bits per heavy atom. The second-order valence-corrected chi connectivity index (χ2v) is 5.76. The number of benzene rings is 1. The molecule has 0 N–H and O–H groups in total. The molecular weight excluding hydrogens is 312 g/mol. The third kappa shape index (κ3) is 2.57. The topological polar surface area (TPSA) is 25.8 Å². The van der Waals surface area contributed by atoms with Crippen molar-refractivity contribution in [3.63, 3.8) is 0 Å². The lowest BCUT2D eigenvalue weighted by molar-refractivity contribution is 0.770. The van der Waals surface area contributed by atoms with Gasteiger partial charge in [-0.1, -0.05) is 41.9 Å². The van der Waals surface area contributed by atoms with E-state index in [4.69, 9.17) is 11.6 Å². The van der Waals surface area contributed by atoms with E-state index in [2.05, 4.69) is 25.9 Å². The van der Waals surface area contributed by atoms with Crippen molar-refractivity contribution in [2.24, 2.45) is 5.92 Å². The van der Waals surface area contributed by atoms with Crippen LogP contribution in [0.25, 0.3) is 11.3 Å². The second kappa shape index (κ2) is 4.98. The van der Waals surface area contributed by atoms with Crippen molar-refractivity contribution in [2.45, 2.75) is 19.3 Å². The average Bonchev–Trinajstić information content (AvgIpc) is 3.18. The molecule has 1 aliphatic carbocycles. The van der Waals surface area contributed by atoms with E-state index < -0.39 is 0 Å². The van der Waals surface area contributed by atoms with E-state index in [9.17, 15) is 0 Å². The highest BCUT2D eigenvalue weighted by Crippen LogP contribution is 2.35. The monoisotopic (exact) mass is 322 g/mol. The summed E-state index contributed by atoms with van der Waals surface area (Å²) in [5.74, 6) is 1.61. The smallest absolute Gasteiger partial charge is 0.147 e. The van der Waals surface area contributed by atoms with Gasteiger partial charge in [-0.15, -0.1) is 0 Å². The summed E-state index contributed by atoms with van der Waals surface area (Å²) in [6.07, 6.45) is 3.52. The van der Waals surface area contributed by atoms with Gasteiger partial charge in [0, 0.05) is 12.0 Å². The van der Waals surface area contributed by atoms with E-state index in [0.717, 1.165) is 33.9 Å². The fraction of sp³-hybridized carbons (Fsp3) is 0.286. The summed E-state index contributed by atoms with van der Waals surface area (Å²) in [5, 5.41) is 0.500. The molecule has 0 unspecified atom stereocenters. The molecule has 0 bridgehead atoms. The lowest BCUT2D eigenvalue weighted by Crippen LogP contribution is -2.00. The van der Waals surface area contributed by atoms with E-state index >= 15 is 0 Å². The molecule has 0 atom stereocenters. The molecule has 1 saturated carbocycles. The van der Waals surface area contributed by atoms with Gasteiger partial charge in [0.2, 0.25) is 0 Å². The Balaban J connectivity index is 2.03. The number of hydrogen-bond donors (Lipinski definition) is 0. The molecule has 92 valence electrons. The molecule has 0 saturated heterocycles. The summed E-state index contributed by atoms with van der Waals surface area (Å²) in [4.78, 5) is 8.99. The minimum absolute atomic E-state index is 0.500. The summed E-state index contributed by atoms with van der Waals surface area (Å²) in [7, 11) is 0. The van der Waals surface area contributed by atoms with Gasteiger partial charge in [0.15, 0.2) is 0 Å². The fourth-order valence-corrected chi connectivity index (χ4v) is 2.52. The summed E-state index contributed by atoms with van der Waals surface area (Å²) in [6.45, 7) is 0. The molecule has 0 spiro atoms. The van der Waals surface area contributed by atoms with E-state index in [1.54, 1.807) is 0 Å². The molecular formula is C14H12BrClN2. The van der Waals surface area contributed by atoms with Gasteiger partial charge in [-0.3, -0.25) is 0 Å². The van der Waals surface area contributed by atoms with Crippen LogP contribution in [0.2, 0.25) is 5.15 Å². The van der Waals surface area contributed by atoms with E-state index in [1.807, 2.05) is 30.3 Å². The molecule has 3 rings (SSSR count). The fourth-order valence-electron chi connectivity index (χ4n) is 1.92. The van der Waals surface area contributed by atoms with Crippen LogP contribution in [0.15, 0.2) is 34.8 Å². The third-order valence-electron chi connectivity index (χ3n) is 3.07. The van der Waals surface area contributed by atoms with Crippen LogP contribution >= 0.6 is 27.5 Å². The van der Waals surface area contributed by atoms with Gasteiger partial charge in [0.25, 0.3) is 0 Å². The molecule has 2 nitrogen and oxygen atoms in total. The highest BCUT2D eigenvalue weighted by Gasteiger charge is 2.24. The summed E-state index contributed by atoms with van der Waals surface area (Å²) >= 11 is 9.65. The molecule has 0 amide bonds. The highest BCUT2D eigenvalue weighted by molar-refractivity contribution is 9.10. The number of halogens is 2. The first-order chi connectivity index (χ1) is 8.74. The Hall–Kier alpha value is -0.930. The number of hydrogen-bond acceptors (Lipinski definition) is 2. The van der Waals surface area contributed by atoms with Crippen molar-refractivity contribution < 1.29 is 0 Å². The van der Waals surface area contributed by atoms with Gasteiger partial charge >= 0.3 is 0 Å².